The summed E-state index contributed by atoms with van der Waals surface area (Å²) >= 11 is 0. The summed E-state index contributed by atoms with van der Waals surface area (Å²) in [6.45, 7) is 14.7. The lowest BCUT2D eigenvalue weighted by Gasteiger charge is -2.41. The van der Waals surface area contributed by atoms with Crippen LogP contribution in [0.5, 0.6) is 0 Å². The zero-order valence-corrected chi connectivity index (χ0v) is 19.4. The van der Waals surface area contributed by atoms with Crippen LogP contribution in [-0.4, -0.2) is 34.0 Å². The van der Waals surface area contributed by atoms with Gasteiger partial charge in [-0.05, 0) is 36.7 Å². The van der Waals surface area contributed by atoms with Crippen molar-refractivity contribution in [1.82, 2.24) is 0 Å². The maximum absolute atomic E-state index is 13.1. The average molecular weight is 411 g/mol. The number of hydrogen-bond donors (Lipinski definition) is 1. The van der Waals surface area contributed by atoms with E-state index in [-0.39, 0.29) is 22.0 Å². The van der Waals surface area contributed by atoms with Gasteiger partial charge in [-0.1, -0.05) is 58.9 Å². The van der Waals surface area contributed by atoms with Crippen LogP contribution in [0.1, 0.15) is 41.0 Å². The highest BCUT2D eigenvalue weighted by Crippen LogP contribution is 2.41. The molecule has 1 aromatic rings. The van der Waals surface area contributed by atoms with Gasteiger partial charge in [0, 0.05) is 11.8 Å². The molecular weight excluding hydrogens is 376 g/mol. The molecule has 27 heavy (non-hydrogen) atoms. The molecule has 0 spiro atoms. The van der Waals surface area contributed by atoms with Crippen molar-refractivity contribution in [3.63, 3.8) is 0 Å². The topological polar surface area (TPSA) is 63.6 Å². The second-order valence-corrected chi connectivity index (χ2v) is 15.9. The molecule has 1 aromatic carbocycles. The molecule has 0 radical (unpaired) electrons. The number of rotatable bonds is 4. The lowest BCUT2D eigenvalue weighted by molar-refractivity contribution is 0.0149. The highest BCUT2D eigenvalue weighted by molar-refractivity contribution is 7.95. The molecule has 1 aliphatic rings. The van der Waals surface area contributed by atoms with E-state index in [9.17, 15) is 13.5 Å². The van der Waals surface area contributed by atoms with Crippen LogP contribution in [0.15, 0.2) is 46.2 Å². The van der Waals surface area contributed by atoms with Crippen LogP contribution in [-0.2, 0) is 14.3 Å². The van der Waals surface area contributed by atoms with E-state index in [1.807, 2.05) is 6.92 Å². The largest absolute Gasteiger partial charge is 0.413 e. The lowest BCUT2D eigenvalue weighted by atomic mass is 9.91. The molecule has 0 saturated heterocycles. The predicted octanol–water partition coefficient (Wildman–Crippen LogP) is 4.77. The summed E-state index contributed by atoms with van der Waals surface area (Å²) in [4.78, 5) is 0.570. The van der Waals surface area contributed by atoms with Crippen molar-refractivity contribution < 1.29 is 18.0 Å². The van der Waals surface area contributed by atoms with Crippen molar-refractivity contribution in [2.45, 2.75) is 76.3 Å². The summed E-state index contributed by atoms with van der Waals surface area (Å²) in [6, 6.07) is 8.44. The Morgan fingerprint density at radius 2 is 1.67 bits per heavy atom. The monoisotopic (exact) mass is 410 g/mol. The molecule has 0 fully saturated rings. The third-order valence-corrected chi connectivity index (χ3v) is 12.8. The van der Waals surface area contributed by atoms with Gasteiger partial charge in [0.1, 0.15) is 0 Å². The van der Waals surface area contributed by atoms with E-state index in [4.69, 9.17) is 4.43 Å². The Hall–Kier alpha value is -0.953. The minimum Gasteiger partial charge on any atom is -0.413 e. The fraction of sp³-hybridized carbons (Fsp3) is 0.619. The van der Waals surface area contributed by atoms with Crippen LogP contribution < -0.4 is 0 Å². The van der Waals surface area contributed by atoms with Crippen LogP contribution in [0.4, 0.5) is 0 Å². The van der Waals surface area contributed by atoms with Gasteiger partial charge in [-0.2, -0.15) is 0 Å². The first-order valence-electron chi connectivity index (χ1n) is 9.65. The molecule has 2 rings (SSSR count). The highest BCUT2D eigenvalue weighted by Gasteiger charge is 2.43. The van der Waals surface area contributed by atoms with Crippen LogP contribution in [0.2, 0.25) is 18.1 Å². The van der Waals surface area contributed by atoms with Gasteiger partial charge in [-0.25, -0.2) is 8.42 Å². The standard InChI is InChI=1S/C21H34O4SSi/c1-15-18(25-27(6,7)21(3,4)5)13-14-19(16(2)20(15)22)26(23,24)17-11-9-8-10-12-17/h8-12,14-16,18,20,22H,13H2,1-7H3/t15-,16+,18+,20-/m0/s1. The van der Waals surface area contributed by atoms with Gasteiger partial charge < -0.3 is 9.53 Å². The molecule has 6 heteroatoms. The van der Waals surface area contributed by atoms with E-state index < -0.39 is 30.2 Å². The Bertz CT molecular complexity index is 778. The Kier molecular flexibility index (Phi) is 6.47. The van der Waals surface area contributed by atoms with Crippen molar-refractivity contribution >= 4 is 18.2 Å². The van der Waals surface area contributed by atoms with Crippen LogP contribution in [0, 0.1) is 11.8 Å². The van der Waals surface area contributed by atoms with E-state index in [0.717, 1.165) is 0 Å². The quantitative estimate of drug-likeness (QED) is 0.726. The predicted molar refractivity (Wildman–Crippen MR) is 113 cm³/mol. The molecular formula is C21H34O4SSi. The fourth-order valence-corrected chi connectivity index (χ4v) is 6.43. The van der Waals surface area contributed by atoms with Gasteiger partial charge in [-0.15, -0.1) is 0 Å². The molecule has 0 aliphatic heterocycles. The lowest BCUT2D eigenvalue weighted by Crippen LogP contribution is -2.47. The zero-order valence-electron chi connectivity index (χ0n) is 17.6. The second-order valence-electron chi connectivity index (χ2n) is 9.21. The third kappa shape index (κ3) is 4.55. The molecule has 4 atom stereocenters. The SMILES string of the molecule is C[C@@H]1[C@H](O)[C@H](C)C(S(=O)(=O)c2ccccc2)=CC[C@H]1O[Si](C)(C)C(C)(C)C. The van der Waals surface area contributed by atoms with Crippen molar-refractivity contribution in [2.75, 3.05) is 0 Å². The summed E-state index contributed by atoms with van der Waals surface area (Å²) in [5, 5.41) is 11.0. The van der Waals surface area contributed by atoms with Crippen molar-refractivity contribution in [3.8, 4) is 0 Å². The van der Waals surface area contributed by atoms with Crippen LogP contribution in [0.3, 0.4) is 0 Å². The number of aliphatic hydroxyl groups excluding tert-OH is 1. The second kappa shape index (κ2) is 7.82. The van der Waals surface area contributed by atoms with Crippen LogP contribution >= 0.6 is 0 Å². The van der Waals surface area contributed by atoms with Gasteiger partial charge in [0.05, 0.1) is 22.0 Å². The molecule has 0 amide bonds. The summed E-state index contributed by atoms with van der Waals surface area (Å²) in [5.41, 5.74) is 0. The van der Waals surface area contributed by atoms with Gasteiger partial charge in [0.2, 0.25) is 9.84 Å². The maximum Gasteiger partial charge on any atom is 0.202 e. The molecule has 0 unspecified atom stereocenters. The molecule has 0 aromatic heterocycles. The molecule has 4 nitrogen and oxygen atoms in total. The molecule has 0 bridgehead atoms. The maximum atomic E-state index is 13.1. The van der Waals surface area contributed by atoms with Crippen molar-refractivity contribution in [1.29, 1.82) is 0 Å². The fourth-order valence-electron chi connectivity index (χ4n) is 3.28. The summed E-state index contributed by atoms with van der Waals surface area (Å²) in [5.74, 6) is -0.618. The number of hydrogen-bond acceptors (Lipinski definition) is 4. The van der Waals surface area contributed by atoms with E-state index in [2.05, 4.69) is 33.9 Å². The minimum atomic E-state index is -3.63. The molecule has 152 valence electrons. The average Bonchev–Trinajstić information content (AvgIpc) is 2.67. The van der Waals surface area contributed by atoms with Gasteiger partial charge in [-0.3, -0.25) is 0 Å². The van der Waals surface area contributed by atoms with Crippen molar-refractivity contribution in [2.24, 2.45) is 11.8 Å². The van der Waals surface area contributed by atoms with E-state index in [1.165, 1.54) is 0 Å². The first-order chi connectivity index (χ1) is 12.3. The van der Waals surface area contributed by atoms with Gasteiger partial charge in [0.15, 0.2) is 8.32 Å². The number of sulfone groups is 1. The Labute approximate surface area is 165 Å². The first kappa shape index (κ1) is 22.3. The van der Waals surface area contributed by atoms with E-state index >= 15 is 0 Å². The third-order valence-electron chi connectivity index (χ3n) is 6.25. The van der Waals surface area contributed by atoms with Gasteiger partial charge in [0.25, 0.3) is 0 Å². The molecule has 1 aliphatic carbocycles. The summed E-state index contributed by atoms with van der Waals surface area (Å²) < 4.78 is 32.8. The van der Waals surface area contributed by atoms with Crippen LogP contribution in [0.25, 0.3) is 0 Å². The minimum absolute atomic E-state index is 0.0538. The summed E-state index contributed by atoms with van der Waals surface area (Å²) in [6.07, 6.45) is 1.31. The van der Waals surface area contributed by atoms with E-state index in [1.54, 1.807) is 43.3 Å². The van der Waals surface area contributed by atoms with Crippen molar-refractivity contribution in [3.05, 3.63) is 41.3 Å². The Morgan fingerprint density at radius 3 is 2.19 bits per heavy atom. The molecule has 0 saturated carbocycles. The normalized spacial score (nSPS) is 27.8. The highest BCUT2D eigenvalue weighted by atomic mass is 32.2. The van der Waals surface area contributed by atoms with Gasteiger partial charge >= 0.3 is 0 Å². The molecule has 0 heterocycles. The number of benzene rings is 1. The first-order valence-corrected chi connectivity index (χ1v) is 14.0. The summed E-state index contributed by atoms with van der Waals surface area (Å²) in [7, 11) is -5.66. The number of aliphatic hydroxyl groups is 1. The smallest absolute Gasteiger partial charge is 0.202 e. The van der Waals surface area contributed by atoms with E-state index in [0.29, 0.717) is 11.3 Å². The Balaban J connectivity index is 2.39. The zero-order chi connectivity index (χ0) is 20.6. The Morgan fingerprint density at radius 1 is 1.11 bits per heavy atom. The molecule has 1 N–H and O–H groups in total.